The highest BCUT2D eigenvalue weighted by atomic mass is 35.5. The van der Waals surface area contributed by atoms with Crippen LogP contribution in [0.1, 0.15) is 49.3 Å². The molecule has 2 amide bonds. The average Bonchev–Trinajstić information content (AvgIpc) is 3.54. The maximum atomic E-state index is 15.7. The van der Waals surface area contributed by atoms with Gasteiger partial charge in [0.25, 0.3) is 0 Å². The Morgan fingerprint density at radius 1 is 1.04 bits per heavy atom. The van der Waals surface area contributed by atoms with Gasteiger partial charge in [0, 0.05) is 98.5 Å². The van der Waals surface area contributed by atoms with Gasteiger partial charge in [0.2, 0.25) is 17.7 Å². The lowest BCUT2D eigenvalue weighted by Crippen LogP contribution is -2.44. The number of nitrogens with one attached hydrogen (secondary N) is 4. The van der Waals surface area contributed by atoms with E-state index in [4.69, 9.17) is 21.3 Å². The van der Waals surface area contributed by atoms with Gasteiger partial charge < -0.3 is 30.9 Å². The molecule has 0 spiro atoms. The van der Waals surface area contributed by atoms with Crippen LogP contribution in [0.3, 0.4) is 0 Å². The Morgan fingerprint density at radius 3 is 2.58 bits per heavy atom. The van der Waals surface area contributed by atoms with E-state index < -0.39 is 5.82 Å². The van der Waals surface area contributed by atoms with Crippen LogP contribution in [0.25, 0.3) is 22.5 Å². The van der Waals surface area contributed by atoms with Crippen molar-refractivity contribution in [1.82, 2.24) is 35.8 Å². The number of likely N-dealkylation sites (tertiary alicyclic amines) is 1. The molecule has 13 heteroatoms. The number of hydrogen-bond donors (Lipinski definition) is 4. The smallest absolute Gasteiger partial charge is 0.220 e. The number of nitrogens with zero attached hydrogens (tertiary/aromatic N) is 4. The number of aromatic nitrogens is 3. The van der Waals surface area contributed by atoms with E-state index in [0.29, 0.717) is 78.2 Å². The number of hydrogen-bond acceptors (Lipinski definition) is 9. The number of piperidine rings is 1. The van der Waals surface area contributed by atoms with Crippen LogP contribution in [-0.2, 0) is 22.7 Å². The molecule has 0 aliphatic carbocycles. The summed E-state index contributed by atoms with van der Waals surface area (Å²) < 4.78 is 21.3. The molecule has 2 saturated heterocycles. The Hall–Kier alpha value is -4.65. The van der Waals surface area contributed by atoms with E-state index in [1.807, 2.05) is 48.2 Å². The lowest BCUT2D eigenvalue weighted by atomic mass is 10.0. The second-order valence-corrected chi connectivity index (χ2v) is 13.1. The Kier molecular flexibility index (Phi) is 11.2. The van der Waals surface area contributed by atoms with E-state index in [1.165, 1.54) is 0 Å². The minimum absolute atomic E-state index is 0.0885. The molecule has 0 bridgehead atoms. The number of carbonyl (C=O) groups is 2. The van der Waals surface area contributed by atoms with Crippen LogP contribution in [-0.4, -0.2) is 70.5 Å². The SMILES string of the molecule is COc1nc(-c2ccnc(-c3cccc(Nc4nccc(CNC5CCN(C(C)=O)CC5)c4F)c3C)c2Cl)ccc1CNC[C@H]1CCC(=O)N1. The lowest BCUT2D eigenvalue weighted by molar-refractivity contribution is -0.130. The largest absolute Gasteiger partial charge is 0.481 e. The van der Waals surface area contributed by atoms with Crippen molar-refractivity contribution in [2.45, 2.75) is 64.7 Å². The molecule has 3 aromatic heterocycles. The second kappa shape index (κ2) is 15.9. The van der Waals surface area contributed by atoms with Crippen molar-refractivity contribution < 1.29 is 18.7 Å². The summed E-state index contributed by atoms with van der Waals surface area (Å²) in [4.78, 5) is 38.7. The average molecular weight is 701 g/mol. The third-order valence-electron chi connectivity index (χ3n) is 9.42. The zero-order valence-corrected chi connectivity index (χ0v) is 29.2. The first-order valence-electron chi connectivity index (χ1n) is 16.9. The van der Waals surface area contributed by atoms with Crippen molar-refractivity contribution in [2.75, 3.05) is 32.1 Å². The van der Waals surface area contributed by atoms with E-state index in [9.17, 15) is 9.59 Å². The molecule has 4 N–H and O–H groups in total. The summed E-state index contributed by atoms with van der Waals surface area (Å²) in [7, 11) is 1.58. The van der Waals surface area contributed by atoms with Gasteiger partial charge in [-0.15, -0.1) is 0 Å². The third kappa shape index (κ3) is 8.04. The first-order chi connectivity index (χ1) is 24.2. The molecule has 2 aliphatic heterocycles. The van der Waals surface area contributed by atoms with Crippen LogP contribution in [0, 0.1) is 12.7 Å². The number of methoxy groups -OCH3 is 1. The standard InChI is InChI=1S/C37H42ClFN8O3/c1-22-28(5-4-6-30(22)45-36-34(39)24(11-15-42-36)20-43-26-13-17-47(18-14-26)23(2)48)35-33(38)29(12-16-41-35)31-9-7-25(37(46-31)50-3)19-40-21-27-8-10-32(49)44-27/h4-7,9,11-12,15-16,26-27,40,43H,8,10,13-14,17-21H2,1-3H3,(H,42,45)(H,44,49)/t27-/m1/s1. The van der Waals surface area contributed by atoms with E-state index in [2.05, 4.69) is 31.2 Å². The molecular formula is C37H42ClFN8O3. The van der Waals surface area contributed by atoms with Gasteiger partial charge in [0.1, 0.15) is 0 Å². The molecule has 2 aliphatic rings. The van der Waals surface area contributed by atoms with Crippen LogP contribution in [0.15, 0.2) is 54.9 Å². The van der Waals surface area contributed by atoms with Gasteiger partial charge in [-0.2, -0.15) is 0 Å². The zero-order chi connectivity index (χ0) is 35.2. The van der Waals surface area contributed by atoms with E-state index >= 15 is 4.39 Å². The van der Waals surface area contributed by atoms with Gasteiger partial charge in [-0.25, -0.2) is 14.4 Å². The van der Waals surface area contributed by atoms with Gasteiger partial charge in [-0.1, -0.05) is 29.8 Å². The second-order valence-electron chi connectivity index (χ2n) is 12.7. The predicted molar refractivity (Wildman–Crippen MR) is 192 cm³/mol. The van der Waals surface area contributed by atoms with Crippen molar-refractivity contribution in [1.29, 1.82) is 0 Å². The maximum Gasteiger partial charge on any atom is 0.220 e. The van der Waals surface area contributed by atoms with Crippen LogP contribution in [0.4, 0.5) is 15.9 Å². The molecule has 0 radical (unpaired) electrons. The molecule has 6 rings (SSSR count). The first-order valence-corrected chi connectivity index (χ1v) is 17.3. The Morgan fingerprint density at radius 2 is 1.84 bits per heavy atom. The summed E-state index contributed by atoms with van der Waals surface area (Å²) in [5.74, 6) is 0.362. The van der Waals surface area contributed by atoms with Crippen LogP contribution < -0.4 is 26.0 Å². The topological polar surface area (TPSA) is 133 Å². The van der Waals surface area contributed by atoms with Gasteiger partial charge in [-0.05, 0) is 56.0 Å². The molecule has 50 heavy (non-hydrogen) atoms. The molecule has 0 saturated carbocycles. The van der Waals surface area contributed by atoms with Crippen molar-refractivity contribution in [3.63, 3.8) is 0 Å². The highest BCUT2D eigenvalue weighted by molar-refractivity contribution is 6.35. The fourth-order valence-corrected chi connectivity index (χ4v) is 6.80. The summed E-state index contributed by atoms with van der Waals surface area (Å²) >= 11 is 7.02. The zero-order valence-electron chi connectivity index (χ0n) is 28.5. The molecular weight excluding hydrogens is 659 g/mol. The number of amides is 2. The predicted octanol–water partition coefficient (Wildman–Crippen LogP) is 5.53. The fraction of sp³-hybridized carbons (Fsp3) is 0.378. The highest BCUT2D eigenvalue weighted by Crippen LogP contribution is 2.38. The van der Waals surface area contributed by atoms with Crippen LogP contribution in [0.2, 0.25) is 5.02 Å². The number of halogens is 2. The van der Waals surface area contributed by atoms with Gasteiger partial charge in [0.05, 0.1) is 23.5 Å². The molecule has 2 fully saturated rings. The minimum Gasteiger partial charge on any atom is -0.481 e. The number of carbonyl (C=O) groups excluding carboxylic acids is 2. The molecule has 1 aromatic carbocycles. The van der Waals surface area contributed by atoms with E-state index in [1.54, 1.807) is 32.5 Å². The number of anilines is 2. The molecule has 0 unspecified atom stereocenters. The quantitative estimate of drug-likeness (QED) is 0.151. The Balaban J connectivity index is 1.16. The minimum atomic E-state index is -0.423. The normalized spacial score (nSPS) is 16.4. The Labute approximate surface area is 296 Å². The van der Waals surface area contributed by atoms with Crippen molar-refractivity contribution in [3.8, 4) is 28.4 Å². The van der Waals surface area contributed by atoms with Crippen molar-refractivity contribution in [3.05, 3.63) is 82.4 Å². The maximum absolute atomic E-state index is 15.7. The number of pyridine rings is 3. The van der Waals surface area contributed by atoms with E-state index in [0.717, 1.165) is 36.0 Å². The number of benzene rings is 1. The summed E-state index contributed by atoms with van der Waals surface area (Å²) in [5.41, 5.74) is 5.57. The van der Waals surface area contributed by atoms with Gasteiger partial charge in [-0.3, -0.25) is 14.6 Å². The van der Waals surface area contributed by atoms with Crippen molar-refractivity contribution >= 4 is 34.9 Å². The lowest BCUT2D eigenvalue weighted by Gasteiger charge is -2.31. The summed E-state index contributed by atoms with van der Waals surface area (Å²) in [5, 5.41) is 13.4. The Bertz CT molecular complexity index is 1870. The van der Waals surface area contributed by atoms with Crippen LogP contribution in [0.5, 0.6) is 5.88 Å². The molecule has 1 atom stereocenters. The number of rotatable bonds is 12. The third-order valence-corrected chi connectivity index (χ3v) is 9.80. The molecule has 4 aromatic rings. The molecule has 262 valence electrons. The van der Waals surface area contributed by atoms with Gasteiger partial charge in [0.15, 0.2) is 11.6 Å². The highest BCUT2D eigenvalue weighted by Gasteiger charge is 2.23. The molecule has 11 nitrogen and oxygen atoms in total. The summed E-state index contributed by atoms with van der Waals surface area (Å²) in [6, 6.07) is 13.4. The molecule has 5 heterocycles. The van der Waals surface area contributed by atoms with Crippen LogP contribution >= 0.6 is 11.6 Å². The van der Waals surface area contributed by atoms with E-state index in [-0.39, 0.29) is 29.7 Å². The summed E-state index contributed by atoms with van der Waals surface area (Å²) in [6.07, 6.45) is 6.34. The van der Waals surface area contributed by atoms with Crippen molar-refractivity contribution in [2.24, 2.45) is 0 Å². The first kappa shape index (κ1) is 35.2. The summed E-state index contributed by atoms with van der Waals surface area (Å²) in [6.45, 7) is 6.48. The fourth-order valence-electron chi connectivity index (χ4n) is 6.49. The number of ether oxygens (including phenoxy) is 1. The van der Waals surface area contributed by atoms with Gasteiger partial charge >= 0.3 is 0 Å². The monoisotopic (exact) mass is 700 g/mol.